The van der Waals surface area contributed by atoms with Crippen LogP contribution in [0.3, 0.4) is 0 Å². The summed E-state index contributed by atoms with van der Waals surface area (Å²) in [5, 5.41) is 4.26. The summed E-state index contributed by atoms with van der Waals surface area (Å²) in [7, 11) is 0. The predicted molar refractivity (Wildman–Crippen MR) is 140 cm³/mol. The number of nitrogens with one attached hydrogen (secondary N) is 2. The molecule has 2 fully saturated rings. The summed E-state index contributed by atoms with van der Waals surface area (Å²) in [6.07, 6.45) is 7.03. The molecule has 1 saturated carbocycles. The molecule has 1 saturated heterocycles. The van der Waals surface area contributed by atoms with Crippen LogP contribution in [0.1, 0.15) is 60.4 Å². The number of aromatic nitrogens is 2. The lowest BCUT2D eigenvalue weighted by Gasteiger charge is -2.28. The predicted octanol–water partition coefficient (Wildman–Crippen LogP) is 6.13. The SMILES string of the molecule is Cc1[nH]c(C)c(C2C(c3ccccn3)NC(=S)N2c2ccc(OC3CCCC3)cc2)c1I. The molecule has 7 heteroatoms. The van der Waals surface area contributed by atoms with E-state index in [4.69, 9.17) is 17.0 Å². The van der Waals surface area contributed by atoms with Gasteiger partial charge in [-0.25, -0.2) is 0 Å². The maximum absolute atomic E-state index is 6.18. The molecule has 2 unspecified atom stereocenters. The molecule has 1 aromatic carbocycles. The van der Waals surface area contributed by atoms with Gasteiger partial charge in [-0.15, -0.1) is 0 Å². The third kappa shape index (κ3) is 4.01. The molecule has 1 aliphatic carbocycles. The number of thiocarbonyl (C=S) groups is 1. The molecule has 2 aliphatic rings. The maximum atomic E-state index is 6.18. The zero-order chi connectivity index (χ0) is 22.2. The fourth-order valence-corrected chi connectivity index (χ4v) is 6.14. The normalized spacial score (nSPS) is 21.2. The molecule has 1 aliphatic heterocycles. The molecule has 0 spiro atoms. The van der Waals surface area contributed by atoms with E-state index in [1.165, 1.54) is 27.7 Å². The number of halogens is 1. The molecule has 5 rings (SSSR count). The number of ether oxygens (including phenoxy) is 1. The van der Waals surface area contributed by atoms with Gasteiger partial charge in [0.15, 0.2) is 5.11 Å². The monoisotopic (exact) mass is 558 g/mol. The number of aryl methyl sites for hydroxylation is 2. The van der Waals surface area contributed by atoms with Crippen molar-refractivity contribution in [2.75, 3.05) is 4.90 Å². The molecule has 2 aromatic heterocycles. The third-order valence-corrected chi connectivity index (χ3v) is 8.16. The highest BCUT2D eigenvalue weighted by Crippen LogP contribution is 2.44. The summed E-state index contributed by atoms with van der Waals surface area (Å²) < 4.78 is 7.42. The fraction of sp³-hybridized carbons (Fsp3) is 0.360. The summed E-state index contributed by atoms with van der Waals surface area (Å²) in [4.78, 5) is 10.4. The van der Waals surface area contributed by atoms with Crippen molar-refractivity contribution in [3.63, 3.8) is 0 Å². The zero-order valence-electron chi connectivity index (χ0n) is 18.3. The van der Waals surface area contributed by atoms with Gasteiger partial charge in [0.2, 0.25) is 0 Å². The van der Waals surface area contributed by atoms with E-state index in [1.807, 2.05) is 18.3 Å². The van der Waals surface area contributed by atoms with E-state index in [9.17, 15) is 0 Å². The second-order valence-electron chi connectivity index (χ2n) is 8.62. The van der Waals surface area contributed by atoms with Crippen molar-refractivity contribution in [1.29, 1.82) is 0 Å². The first kappa shape index (κ1) is 21.7. The molecule has 3 aromatic rings. The summed E-state index contributed by atoms with van der Waals surface area (Å²) in [6.45, 7) is 4.26. The molecule has 5 nitrogen and oxygen atoms in total. The summed E-state index contributed by atoms with van der Waals surface area (Å²) in [5.41, 5.74) is 5.64. The van der Waals surface area contributed by atoms with E-state index in [-0.39, 0.29) is 12.1 Å². The van der Waals surface area contributed by atoms with E-state index >= 15 is 0 Å². The van der Waals surface area contributed by atoms with Gasteiger partial charge in [0.25, 0.3) is 0 Å². The van der Waals surface area contributed by atoms with Crippen molar-refractivity contribution in [3.05, 3.63) is 74.9 Å². The quantitative estimate of drug-likeness (QED) is 0.292. The average Bonchev–Trinajstić information content (AvgIpc) is 3.48. The van der Waals surface area contributed by atoms with E-state index < -0.39 is 0 Å². The molecule has 166 valence electrons. The Balaban J connectivity index is 1.53. The first-order valence-corrected chi connectivity index (χ1v) is 12.6. The van der Waals surface area contributed by atoms with Gasteiger partial charge in [-0.2, -0.15) is 0 Å². The number of H-pyrrole nitrogens is 1. The molecule has 3 heterocycles. The Morgan fingerprint density at radius 2 is 1.81 bits per heavy atom. The van der Waals surface area contributed by atoms with Crippen molar-refractivity contribution in [3.8, 4) is 5.75 Å². The molecular formula is C25H27IN4OS. The van der Waals surface area contributed by atoms with Crippen LogP contribution in [0.2, 0.25) is 0 Å². The Morgan fingerprint density at radius 3 is 2.44 bits per heavy atom. The van der Waals surface area contributed by atoms with Crippen LogP contribution in [-0.2, 0) is 0 Å². The minimum absolute atomic E-state index is 0.00384. The Bertz CT molecular complexity index is 1110. The second kappa shape index (κ2) is 9.02. The molecule has 0 bridgehead atoms. The standard InChI is InChI=1S/C25H27IN4OS/c1-15-21(22(26)16(2)28-15)24-23(20-9-5-6-14-27-20)29-25(32)30(24)17-10-12-19(13-11-17)31-18-7-3-4-8-18/h5-6,9-14,18,23-24,28H,3-4,7-8H2,1-2H3,(H,29,32). The largest absolute Gasteiger partial charge is 0.490 e. The topological polar surface area (TPSA) is 53.2 Å². The Morgan fingerprint density at radius 1 is 1.06 bits per heavy atom. The Kier molecular flexibility index (Phi) is 6.11. The summed E-state index contributed by atoms with van der Waals surface area (Å²) in [5.74, 6) is 0.930. The molecule has 0 amide bonds. The summed E-state index contributed by atoms with van der Waals surface area (Å²) in [6, 6.07) is 14.4. The molecule has 32 heavy (non-hydrogen) atoms. The van der Waals surface area contributed by atoms with Crippen LogP contribution >= 0.6 is 34.8 Å². The Labute approximate surface area is 208 Å². The number of hydrogen-bond acceptors (Lipinski definition) is 3. The number of benzene rings is 1. The van der Waals surface area contributed by atoms with Crippen molar-refractivity contribution >= 4 is 45.6 Å². The van der Waals surface area contributed by atoms with Crippen LogP contribution in [0.5, 0.6) is 5.75 Å². The van der Waals surface area contributed by atoms with Crippen molar-refractivity contribution in [2.45, 2.75) is 57.7 Å². The highest BCUT2D eigenvalue weighted by Gasteiger charge is 2.43. The number of rotatable bonds is 5. The number of hydrogen-bond donors (Lipinski definition) is 2. The van der Waals surface area contributed by atoms with Gasteiger partial charge in [0.1, 0.15) is 5.75 Å². The zero-order valence-corrected chi connectivity index (χ0v) is 21.2. The van der Waals surface area contributed by atoms with Gasteiger partial charge < -0.3 is 19.9 Å². The lowest BCUT2D eigenvalue weighted by Crippen LogP contribution is -2.29. The van der Waals surface area contributed by atoms with Crippen LogP contribution in [-0.4, -0.2) is 21.2 Å². The molecule has 2 atom stereocenters. The number of aromatic amines is 1. The van der Waals surface area contributed by atoms with Gasteiger partial charge in [0.05, 0.1) is 23.9 Å². The van der Waals surface area contributed by atoms with Gasteiger partial charge in [-0.05, 0) is 111 Å². The maximum Gasteiger partial charge on any atom is 0.174 e. The average molecular weight is 558 g/mol. The fourth-order valence-electron chi connectivity index (χ4n) is 4.93. The molecular weight excluding hydrogens is 531 g/mol. The van der Waals surface area contributed by atoms with Gasteiger partial charge in [-0.3, -0.25) is 4.98 Å². The van der Waals surface area contributed by atoms with Crippen LogP contribution in [0.4, 0.5) is 5.69 Å². The molecule has 0 radical (unpaired) electrons. The smallest absolute Gasteiger partial charge is 0.174 e. The van der Waals surface area contributed by atoms with Crippen LogP contribution in [0.25, 0.3) is 0 Å². The van der Waals surface area contributed by atoms with Gasteiger partial charge in [-0.1, -0.05) is 6.07 Å². The Hall–Kier alpha value is -2.13. The van der Waals surface area contributed by atoms with Gasteiger partial charge >= 0.3 is 0 Å². The van der Waals surface area contributed by atoms with Crippen molar-refractivity contribution in [2.24, 2.45) is 0 Å². The second-order valence-corrected chi connectivity index (χ2v) is 10.1. The van der Waals surface area contributed by atoms with Crippen LogP contribution in [0, 0.1) is 17.4 Å². The minimum atomic E-state index is -0.0412. The lowest BCUT2D eigenvalue weighted by molar-refractivity contribution is 0.210. The van der Waals surface area contributed by atoms with Crippen LogP contribution in [0.15, 0.2) is 48.7 Å². The highest BCUT2D eigenvalue weighted by molar-refractivity contribution is 14.1. The van der Waals surface area contributed by atoms with Crippen LogP contribution < -0.4 is 15.0 Å². The van der Waals surface area contributed by atoms with E-state index in [0.717, 1.165) is 35.7 Å². The first-order chi connectivity index (χ1) is 15.5. The number of nitrogens with zero attached hydrogens (tertiary/aromatic N) is 2. The number of pyridine rings is 1. The van der Waals surface area contributed by atoms with E-state index in [2.05, 4.69) is 87.0 Å². The third-order valence-electron chi connectivity index (χ3n) is 6.46. The first-order valence-electron chi connectivity index (χ1n) is 11.1. The molecule has 2 N–H and O–H groups in total. The summed E-state index contributed by atoms with van der Waals surface area (Å²) >= 11 is 8.31. The number of anilines is 1. The lowest BCUT2D eigenvalue weighted by atomic mass is 9.96. The van der Waals surface area contributed by atoms with E-state index in [0.29, 0.717) is 11.2 Å². The highest BCUT2D eigenvalue weighted by atomic mass is 127. The van der Waals surface area contributed by atoms with Crippen molar-refractivity contribution in [1.82, 2.24) is 15.3 Å². The van der Waals surface area contributed by atoms with E-state index in [1.54, 1.807) is 0 Å². The minimum Gasteiger partial charge on any atom is -0.490 e. The van der Waals surface area contributed by atoms with Gasteiger partial charge in [0, 0.05) is 32.4 Å². The van der Waals surface area contributed by atoms with Crippen molar-refractivity contribution < 1.29 is 4.74 Å².